The Morgan fingerprint density at radius 3 is 2.61 bits per heavy atom. The molecule has 2 aromatic carbocycles. The molecule has 28 heavy (non-hydrogen) atoms. The Morgan fingerprint density at radius 1 is 1.07 bits per heavy atom. The number of carbonyl (C=O) groups excluding carboxylic acids is 2. The van der Waals surface area contributed by atoms with Gasteiger partial charge in [-0.2, -0.15) is 0 Å². The van der Waals surface area contributed by atoms with Crippen LogP contribution in [0.5, 0.6) is 0 Å². The van der Waals surface area contributed by atoms with Gasteiger partial charge in [0.25, 0.3) is 5.91 Å². The molecule has 2 aromatic rings. The van der Waals surface area contributed by atoms with Crippen LogP contribution in [0.15, 0.2) is 48.5 Å². The van der Waals surface area contributed by atoms with E-state index in [1.807, 2.05) is 54.2 Å². The van der Waals surface area contributed by atoms with Gasteiger partial charge in [-0.25, -0.2) is 0 Å². The van der Waals surface area contributed by atoms with E-state index in [-0.39, 0.29) is 17.9 Å². The highest BCUT2D eigenvalue weighted by Gasteiger charge is 2.42. The summed E-state index contributed by atoms with van der Waals surface area (Å²) in [5, 5.41) is 0. The fourth-order valence-corrected chi connectivity index (χ4v) is 4.89. The molecular weight excluding hydrogens is 348 g/mol. The zero-order chi connectivity index (χ0) is 19.8. The smallest absolute Gasteiger partial charge is 0.254 e. The van der Waals surface area contributed by atoms with Crippen molar-refractivity contribution in [2.45, 2.75) is 32.2 Å². The molecule has 2 fully saturated rings. The summed E-state index contributed by atoms with van der Waals surface area (Å²) in [4.78, 5) is 29.2. The third kappa shape index (κ3) is 3.44. The lowest BCUT2D eigenvalue weighted by molar-refractivity contribution is -0.134. The highest BCUT2D eigenvalue weighted by atomic mass is 16.2. The van der Waals surface area contributed by atoms with E-state index in [2.05, 4.69) is 25.1 Å². The molecule has 146 valence electrons. The third-order valence-corrected chi connectivity index (χ3v) is 6.54. The molecule has 1 heterocycles. The number of fused-ring (bicyclic) bond motifs is 1. The van der Waals surface area contributed by atoms with Crippen molar-refractivity contribution in [3.8, 4) is 11.1 Å². The van der Waals surface area contributed by atoms with Crippen LogP contribution in [0.2, 0.25) is 0 Å². The van der Waals surface area contributed by atoms with Gasteiger partial charge in [0.2, 0.25) is 5.91 Å². The molecule has 1 saturated heterocycles. The lowest BCUT2D eigenvalue weighted by atomic mass is 9.88. The van der Waals surface area contributed by atoms with Crippen molar-refractivity contribution in [2.75, 3.05) is 20.6 Å². The minimum atomic E-state index is 0.0698. The maximum Gasteiger partial charge on any atom is 0.254 e. The van der Waals surface area contributed by atoms with Crippen LogP contribution in [0.3, 0.4) is 0 Å². The van der Waals surface area contributed by atoms with Gasteiger partial charge in [-0.05, 0) is 48.8 Å². The second-order valence-electron chi connectivity index (χ2n) is 8.45. The van der Waals surface area contributed by atoms with Gasteiger partial charge in [0, 0.05) is 38.7 Å². The van der Waals surface area contributed by atoms with E-state index < -0.39 is 0 Å². The van der Waals surface area contributed by atoms with Gasteiger partial charge in [-0.15, -0.1) is 0 Å². The molecular formula is C24H28N2O2. The zero-order valence-corrected chi connectivity index (χ0v) is 16.9. The SMILES string of the molecule is Cc1cccc(-c2ccccc2C(=O)N(C)[C@@H]2C[C@@H]3CC(=O)N(C)C[C@@H]3C2)c1. The molecule has 4 rings (SSSR count). The van der Waals surface area contributed by atoms with Crippen LogP contribution in [0.4, 0.5) is 0 Å². The Labute approximate surface area is 167 Å². The minimum absolute atomic E-state index is 0.0698. The van der Waals surface area contributed by atoms with Gasteiger partial charge in [-0.3, -0.25) is 9.59 Å². The highest BCUT2D eigenvalue weighted by Crippen LogP contribution is 2.40. The second kappa shape index (κ2) is 7.42. The fraction of sp³-hybridized carbons (Fsp3) is 0.417. The van der Waals surface area contributed by atoms with Crippen molar-refractivity contribution in [1.29, 1.82) is 0 Å². The molecule has 0 aromatic heterocycles. The maximum atomic E-state index is 13.4. The van der Waals surface area contributed by atoms with Crippen molar-refractivity contribution >= 4 is 11.8 Å². The number of aryl methyl sites for hydroxylation is 1. The molecule has 2 aliphatic rings. The predicted molar refractivity (Wildman–Crippen MR) is 111 cm³/mol. The number of piperidine rings is 1. The normalized spacial score (nSPS) is 24.2. The Morgan fingerprint density at radius 2 is 1.82 bits per heavy atom. The molecule has 3 atom stereocenters. The number of hydrogen-bond acceptors (Lipinski definition) is 2. The van der Waals surface area contributed by atoms with Gasteiger partial charge < -0.3 is 9.80 Å². The number of rotatable bonds is 3. The van der Waals surface area contributed by atoms with Crippen molar-refractivity contribution in [3.05, 3.63) is 59.7 Å². The van der Waals surface area contributed by atoms with E-state index in [1.54, 1.807) is 0 Å². The quantitative estimate of drug-likeness (QED) is 0.813. The Bertz CT molecular complexity index is 907. The lowest BCUT2D eigenvalue weighted by Crippen LogP contribution is -2.40. The molecule has 0 unspecified atom stereocenters. The van der Waals surface area contributed by atoms with Gasteiger partial charge in [0.1, 0.15) is 0 Å². The Kier molecular flexibility index (Phi) is 4.96. The lowest BCUT2D eigenvalue weighted by Gasteiger charge is -2.31. The molecule has 1 aliphatic carbocycles. The summed E-state index contributed by atoms with van der Waals surface area (Å²) in [5.41, 5.74) is 3.98. The Balaban J connectivity index is 1.56. The second-order valence-corrected chi connectivity index (χ2v) is 8.45. The fourth-order valence-electron chi connectivity index (χ4n) is 4.89. The van der Waals surface area contributed by atoms with E-state index in [9.17, 15) is 9.59 Å². The summed E-state index contributed by atoms with van der Waals surface area (Å²) in [7, 11) is 3.81. The van der Waals surface area contributed by atoms with Crippen LogP contribution in [-0.2, 0) is 4.79 Å². The molecule has 0 bridgehead atoms. The number of benzene rings is 2. The topological polar surface area (TPSA) is 40.6 Å². The van der Waals surface area contributed by atoms with Crippen molar-refractivity contribution in [3.63, 3.8) is 0 Å². The van der Waals surface area contributed by atoms with Crippen LogP contribution in [0, 0.1) is 18.8 Å². The molecule has 2 amide bonds. The highest BCUT2D eigenvalue weighted by molar-refractivity contribution is 6.01. The number of likely N-dealkylation sites (tertiary alicyclic amines) is 1. The Hall–Kier alpha value is -2.62. The first-order chi connectivity index (χ1) is 13.4. The van der Waals surface area contributed by atoms with Crippen LogP contribution in [-0.4, -0.2) is 48.3 Å². The van der Waals surface area contributed by atoms with Gasteiger partial charge >= 0.3 is 0 Å². The summed E-state index contributed by atoms with van der Waals surface area (Å²) >= 11 is 0. The number of nitrogens with zero attached hydrogens (tertiary/aromatic N) is 2. The maximum absolute atomic E-state index is 13.4. The summed E-state index contributed by atoms with van der Waals surface area (Å²) in [5.74, 6) is 1.23. The first-order valence-corrected chi connectivity index (χ1v) is 10.1. The third-order valence-electron chi connectivity index (χ3n) is 6.54. The van der Waals surface area contributed by atoms with Gasteiger partial charge in [0.05, 0.1) is 0 Å². The zero-order valence-electron chi connectivity index (χ0n) is 16.9. The summed E-state index contributed by atoms with van der Waals surface area (Å²) in [6.45, 7) is 2.89. The van der Waals surface area contributed by atoms with Crippen molar-refractivity contribution < 1.29 is 9.59 Å². The van der Waals surface area contributed by atoms with Gasteiger partial charge in [-0.1, -0.05) is 48.0 Å². The molecule has 4 heteroatoms. The predicted octanol–water partition coefficient (Wildman–Crippen LogP) is 3.99. The standard InChI is InChI=1S/C24H28N2O2/c1-16-7-6-8-17(11-16)21-9-4-5-10-22(21)24(28)26(3)20-12-18-14-23(27)25(2)15-19(18)13-20/h4-11,18-20H,12-15H2,1-3H3/t18-,19+,20-/m1/s1. The van der Waals surface area contributed by atoms with Crippen LogP contribution in [0.1, 0.15) is 35.2 Å². The first kappa shape index (κ1) is 18.7. The minimum Gasteiger partial charge on any atom is -0.345 e. The van der Waals surface area contributed by atoms with E-state index in [0.717, 1.165) is 36.1 Å². The molecule has 4 nitrogen and oxygen atoms in total. The molecule has 1 saturated carbocycles. The average Bonchev–Trinajstić information content (AvgIpc) is 3.10. The first-order valence-electron chi connectivity index (χ1n) is 10.1. The summed E-state index contributed by atoms with van der Waals surface area (Å²) < 4.78 is 0. The largest absolute Gasteiger partial charge is 0.345 e. The van der Waals surface area contributed by atoms with Crippen molar-refractivity contribution in [1.82, 2.24) is 9.80 Å². The summed E-state index contributed by atoms with van der Waals surface area (Å²) in [6, 6.07) is 16.4. The number of hydrogen-bond donors (Lipinski definition) is 0. The van der Waals surface area contributed by atoms with Crippen LogP contribution < -0.4 is 0 Å². The molecule has 1 aliphatic heterocycles. The van der Waals surface area contributed by atoms with E-state index in [4.69, 9.17) is 0 Å². The van der Waals surface area contributed by atoms with E-state index in [1.165, 1.54) is 5.56 Å². The van der Waals surface area contributed by atoms with Crippen LogP contribution >= 0.6 is 0 Å². The average molecular weight is 377 g/mol. The van der Waals surface area contributed by atoms with E-state index in [0.29, 0.717) is 18.3 Å². The summed E-state index contributed by atoms with van der Waals surface area (Å²) in [6.07, 6.45) is 2.54. The molecule has 0 N–H and O–H groups in total. The van der Waals surface area contributed by atoms with E-state index >= 15 is 0 Å². The molecule has 0 radical (unpaired) electrons. The molecule has 0 spiro atoms. The monoisotopic (exact) mass is 376 g/mol. The number of carbonyl (C=O) groups is 2. The van der Waals surface area contributed by atoms with Crippen LogP contribution in [0.25, 0.3) is 11.1 Å². The van der Waals surface area contributed by atoms with Crippen molar-refractivity contribution in [2.24, 2.45) is 11.8 Å². The number of amides is 2. The van der Waals surface area contributed by atoms with Gasteiger partial charge in [0.15, 0.2) is 0 Å².